The van der Waals surface area contributed by atoms with E-state index in [-0.39, 0.29) is 23.6 Å². The minimum atomic E-state index is -3.62. The van der Waals surface area contributed by atoms with E-state index in [1.807, 2.05) is 37.3 Å². The maximum atomic E-state index is 13.2. The Bertz CT molecular complexity index is 1230. The zero-order valence-electron chi connectivity index (χ0n) is 20.8. The number of carbonyl (C=O) groups is 2. The van der Waals surface area contributed by atoms with Crippen molar-refractivity contribution in [2.45, 2.75) is 30.8 Å². The molecule has 0 aliphatic carbocycles. The van der Waals surface area contributed by atoms with E-state index < -0.39 is 22.0 Å². The summed E-state index contributed by atoms with van der Waals surface area (Å²) in [6.45, 7) is 5.36. The van der Waals surface area contributed by atoms with E-state index in [1.165, 1.54) is 9.21 Å². The minimum absolute atomic E-state index is 0.210. The lowest BCUT2D eigenvalue weighted by Gasteiger charge is -2.41. The molecule has 192 valence electrons. The van der Waals surface area contributed by atoms with E-state index in [0.29, 0.717) is 37.4 Å². The SMILES string of the molecule is CCOC(=O)C1=C(CN2CCN(S(=O)(=O)c3ccccc3)[C@@H](C)C2)N(C)C(=O)N[C@H]1c1ccccc1. The van der Waals surface area contributed by atoms with Gasteiger partial charge in [0.15, 0.2) is 0 Å². The molecule has 2 atom stereocenters. The normalized spacial score (nSPS) is 21.9. The second-order valence-electron chi connectivity index (χ2n) is 8.95. The van der Waals surface area contributed by atoms with Crippen LogP contribution in [-0.2, 0) is 19.6 Å². The molecule has 0 radical (unpaired) electrons. The average molecular weight is 513 g/mol. The molecule has 36 heavy (non-hydrogen) atoms. The van der Waals surface area contributed by atoms with Crippen LogP contribution in [0.15, 0.2) is 76.8 Å². The molecule has 1 N–H and O–H groups in total. The van der Waals surface area contributed by atoms with E-state index >= 15 is 0 Å². The molecular formula is C26H32N4O5S. The number of amides is 2. The topological polar surface area (TPSA) is 99.3 Å². The van der Waals surface area contributed by atoms with Crippen molar-refractivity contribution in [1.82, 2.24) is 19.4 Å². The number of piperazine rings is 1. The summed E-state index contributed by atoms with van der Waals surface area (Å²) in [5, 5.41) is 2.92. The summed E-state index contributed by atoms with van der Waals surface area (Å²) in [6, 6.07) is 16.5. The smallest absolute Gasteiger partial charge is 0.338 e. The van der Waals surface area contributed by atoms with Crippen LogP contribution in [0.1, 0.15) is 25.5 Å². The lowest BCUT2D eigenvalue weighted by Crippen LogP contribution is -2.56. The molecule has 2 aliphatic heterocycles. The first kappa shape index (κ1) is 25.9. The van der Waals surface area contributed by atoms with Gasteiger partial charge in [-0.1, -0.05) is 48.5 Å². The fourth-order valence-electron chi connectivity index (χ4n) is 4.75. The highest BCUT2D eigenvalue weighted by molar-refractivity contribution is 7.89. The molecule has 2 aliphatic rings. The third kappa shape index (κ3) is 5.16. The number of nitrogens with zero attached hydrogens (tertiary/aromatic N) is 3. The van der Waals surface area contributed by atoms with Gasteiger partial charge in [0, 0.05) is 45.0 Å². The summed E-state index contributed by atoms with van der Waals surface area (Å²) in [4.78, 5) is 29.8. The highest BCUT2D eigenvalue weighted by Crippen LogP contribution is 2.32. The fraction of sp³-hybridized carbons (Fsp3) is 0.385. The van der Waals surface area contributed by atoms with Gasteiger partial charge < -0.3 is 10.1 Å². The zero-order chi connectivity index (χ0) is 25.9. The monoisotopic (exact) mass is 512 g/mol. The summed E-state index contributed by atoms with van der Waals surface area (Å²) in [5.74, 6) is -0.480. The van der Waals surface area contributed by atoms with Crippen LogP contribution in [-0.4, -0.2) is 80.4 Å². The van der Waals surface area contributed by atoms with Gasteiger partial charge in [0.1, 0.15) is 0 Å². The van der Waals surface area contributed by atoms with Gasteiger partial charge >= 0.3 is 12.0 Å². The number of nitrogens with one attached hydrogen (secondary N) is 1. The lowest BCUT2D eigenvalue weighted by atomic mass is 9.94. The van der Waals surface area contributed by atoms with Gasteiger partial charge in [0.2, 0.25) is 10.0 Å². The summed E-state index contributed by atoms with van der Waals surface area (Å²) in [7, 11) is -1.99. The van der Waals surface area contributed by atoms with Crippen LogP contribution in [0.25, 0.3) is 0 Å². The van der Waals surface area contributed by atoms with Crippen molar-refractivity contribution in [3.05, 3.63) is 77.5 Å². The predicted molar refractivity (Wildman–Crippen MR) is 135 cm³/mol. The van der Waals surface area contributed by atoms with Crippen LogP contribution < -0.4 is 5.32 Å². The number of rotatable bonds is 7. The van der Waals surface area contributed by atoms with Crippen molar-refractivity contribution in [3.8, 4) is 0 Å². The Balaban J connectivity index is 1.62. The van der Waals surface area contributed by atoms with Crippen LogP contribution in [0, 0.1) is 0 Å². The van der Waals surface area contributed by atoms with Crippen LogP contribution in [0.4, 0.5) is 4.79 Å². The summed E-state index contributed by atoms with van der Waals surface area (Å²) < 4.78 is 33.3. The van der Waals surface area contributed by atoms with E-state index in [1.54, 1.807) is 44.3 Å². The maximum Gasteiger partial charge on any atom is 0.338 e. The molecule has 1 saturated heterocycles. The number of hydrogen-bond donors (Lipinski definition) is 1. The van der Waals surface area contributed by atoms with Crippen LogP contribution in [0.2, 0.25) is 0 Å². The molecule has 2 aromatic rings. The average Bonchev–Trinajstić information content (AvgIpc) is 2.87. The molecule has 0 aromatic heterocycles. The largest absolute Gasteiger partial charge is 0.463 e. The van der Waals surface area contributed by atoms with Gasteiger partial charge in [0.05, 0.1) is 23.1 Å². The Kier molecular flexibility index (Phi) is 7.77. The standard InChI is InChI=1S/C26H32N4O5S/c1-4-35-25(31)23-22(28(3)26(32)27-24(23)20-11-7-5-8-12-20)18-29-15-16-30(19(2)17-29)36(33,34)21-13-9-6-10-14-21/h5-14,19,24H,4,15-18H2,1-3H3,(H,27,32)/t19-,24-/m0/s1. The molecule has 2 heterocycles. The molecule has 0 saturated carbocycles. The van der Waals surface area contributed by atoms with E-state index in [4.69, 9.17) is 4.74 Å². The molecule has 2 aromatic carbocycles. The van der Waals surface area contributed by atoms with E-state index in [9.17, 15) is 18.0 Å². The molecule has 10 heteroatoms. The summed E-state index contributed by atoms with van der Waals surface area (Å²) >= 11 is 0. The number of esters is 1. The van der Waals surface area contributed by atoms with Crippen molar-refractivity contribution >= 4 is 22.0 Å². The summed E-state index contributed by atoms with van der Waals surface area (Å²) in [5.41, 5.74) is 1.72. The second-order valence-corrected chi connectivity index (χ2v) is 10.8. The highest BCUT2D eigenvalue weighted by atomic mass is 32.2. The van der Waals surface area contributed by atoms with Gasteiger partial charge in [-0.3, -0.25) is 9.80 Å². The quantitative estimate of drug-likeness (QED) is 0.573. The number of hydrogen-bond acceptors (Lipinski definition) is 6. The van der Waals surface area contributed by atoms with Gasteiger partial charge in [-0.2, -0.15) is 4.31 Å². The summed E-state index contributed by atoms with van der Waals surface area (Å²) in [6.07, 6.45) is 0. The molecule has 0 unspecified atom stereocenters. The number of ether oxygens (including phenoxy) is 1. The van der Waals surface area contributed by atoms with Crippen molar-refractivity contribution in [2.75, 3.05) is 39.8 Å². The first-order valence-corrected chi connectivity index (χ1v) is 13.5. The first-order valence-electron chi connectivity index (χ1n) is 12.0. The molecule has 9 nitrogen and oxygen atoms in total. The van der Waals surface area contributed by atoms with Gasteiger partial charge in [-0.05, 0) is 31.5 Å². The molecule has 4 rings (SSSR count). The van der Waals surface area contributed by atoms with Gasteiger partial charge in [-0.15, -0.1) is 0 Å². The van der Waals surface area contributed by atoms with Crippen molar-refractivity contribution in [2.24, 2.45) is 0 Å². The highest BCUT2D eigenvalue weighted by Gasteiger charge is 2.39. The van der Waals surface area contributed by atoms with Crippen molar-refractivity contribution < 1.29 is 22.7 Å². The van der Waals surface area contributed by atoms with Crippen LogP contribution in [0.3, 0.4) is 0 Å². The number of carbonyl (C=O) groups excluding carboxylic acids is 2. The second kappa shape index (κ2) is 10.8. The van der Waals surface area contributed by atoms with Crippen LogP contribution in [0.5, 0.6) is 0 Å². The van der Waals surface area contributed by atoms with Gasteiger partial charge in [0.25, 0.3) is 0 Å². The number of urea groups is 1. The van der Waals surface area contributed by atoms with Crippen molar-refractivity contribution in [3.63, 3.8) is 0 Å². The fourth-order valence-corrected chi connectivity index (χ4v) is 6.38. The Morgan fingerprint density at radius 2 is 1.69 bits per heavy atom. The molecule has 2 amide bonds. The Labute approximate surface area is 212 Å². The molecule has 0 bridgehead atoms. The Morgan fingerprint density at radius 1 is 1.06 bits per heavy atom. The van der Waals surface area contributed by atoms with Crippen LogP contribution >= 0.6 is 0 Å². The Hall–Kier alpha value is -3.21. The van der Waals surface area contributed by atoms with Crippen molar-refractivity contribution in [1.29, 1.82) is 0 Å². The van der Waals surface area contributed by atoms with Gasteiger partial charge in [-0.25, -0.2) is 18.0 Å². The maximum absolute atomic E-state index is 13.2. The minimum Gasteiger partial charge on any atom is -0.463 e. The number of benzene rings is 2. The predicted octanol–water partition coefficient (Wildman–Crippen LogP) is 2.59. The lowest BCUT2D eigenvalue weighted by molar-refractivity contribution is -0.139. The number of sulfonamides is 1. The Morgan fingerprint density at radius 3 is 2.31 bits per heavy atom. The molecule has 1 fully saturated rings. The third-order valence-electron chi connectivity index (χ3n) is 6.58. The third-order valence-corrected chi connectivity index (χ3v) is 8.61. The van der Waals surface area contributed by atoms with E-state index in [0.717, 1.165) is 5.56 Å². The number of likely N-dealkylation sites (N-methyl/N-ethyl adjacent to an activating group) is 1. The first-order chi connectivity index (χ1) is 17.2. The molecular weight excluding hydrogens is 480 g/mol. The molecule has 0 spiro atoms. The van der Waals surface area contributed by atoms with E-state index in [2.05, 4.69) is 10.2 Å². The zero-order valence-corrected chi connectivity index (χ0v) is 21.6.